The molecule has 1 aromatic heterocycles. The Balaban J connectivity index is 1.78. The number of nitrogens with one attached hydrogen (secondary N) is 1. The van der Waals surface area contributed by atoms with Crippen molar-refractivity contribution in [2.75, 3.05) is 11.5 Å². The molecule has 0 bridgehead atoms. The predicted molar refractivity (Wildman–Crippen MR) is 91.8 cm³/mol. The van der Waals surface area contributed by atoms with E-state index in [2.05, 4.69) is 10.3 Å². The Labute approximate surface area is 143 Å². The number of rotatable bonds is 3. The fourth-order valence-corrected chi connectivity index (χ4v) is 5.26. The third kappa shape index (κ3) is 3.73. The molecule has 122 valence electrons. The van der Waals surface area contributed by atoms with E-state index in [-0.39, 0.29) is 23.5 Å². The molecular weight excluding hydrogens is 356 g/mol. The van der Waals surface area contributed by atoms with E-state index < -0.39 is 9.84 Å². The van der Waals surface area contributed by atoms with Crippen molar-refractivity contribution in [3.8, 4) is 10.6 Å². The predicted octanol–water partition coefficient (Wildman–Crippen LogP) is 2.69. The van der Waals surface area contributed by atoms with E-state index in [4.69, 9.17) is 11.6 Å². The number of carbonyl (C=O) groups is 1. The zero-order valence-corrected chi connectivity index (χ0v) is 14.8. The lowest BCUT2D eigenvalue weighted by Crippen LogP contribution is -2.35. The van der Waals surface area contributed by atoms with Gasteiger partial charge in [-0.25, -0.2) is 13.4 Å². The number of carbonyl (C=O) groups excluding carboxylic acids is 1. The van der Waals surface area contributed by atoms with Gasteiger partial charge in [0.15, 0.2) is 9.84 Å². The molecule has 1 atom stereocenters. The SMILES string of the molecule is Cc1nc(-c2ccc(Cl)cc2)sc1C(=O)N[C@H]1CCS(=O)(=O)C1. The quantitative estimate of drug-likeness (QED) is 0.901. The molecule has 1 aromatic carbocycles. The Hall–Kier alpha value is -1.44. The van der Waals surface area contributed by atoms with Gasteiger partial charge in [-0.05, 0) is 25.5 Å². The van der Waals surface area contributed by atoms with Crippen molar-refractivity contribution in [3.05, 3.63) is 39.9 Å². The van der Waals surface area contributed by atoms with Gasteiger partial charge in [-0.3, -0.25) is 4.79 Å². The first kappa shape index (κ1) is 16.4. The normalized spacial score (nSPS) is 19.7. The topological polar surface area (TPSA) is 76.1 Å². The summed E-state index contributed by atoms with van der Waals surface area (Å²) in [6, 6.07) is 6.94. The van der Waals surface area contributed by atoms with Gasteiger partial charge >= 0.3 is 0 Å². The lowest BCUT2D eigenvalue weighted by atomic mass is 10.2. The van der Waals surface area contributed by atoms with Crippen LogP contribution in [0.1, 0.15) is 21.8 Å². The van der Waals surface area contributed by atoms with Crippen LogP contribution in [0.15, 0.2) is 24.3 Å². The molecule has 2 heterocycles. The van der Waals surface area contributed by atoms with Crippen LogP contribution in [0, 0.1) is 6.92 Å². The van der Waals surface area contributed by atoms with E-state index in [1.807, 2.05) is 12.1 Å². The largest absolute Gasteiger partial charge is 0.347 e. The number of thiazole rings is 1. The number of aryl methyl sites for hydroxylation is 1. The lowest BCUT2D eigenvalue weighted by Gasteiger charge is -2.09. The van der Waals surface area contributed by atoms with Crippen molar-refractivity contribution in [1.29, 1.82) is 0 Å². The fourth-order valence-electron chi connectivity index (χ4n) is 2.48. The zero-order chi connectivity index (χ0) is 16.6. The number of halogens is 1. The zero-order valence-electron chi connectivity index (χ0n) is 12.4. The van der Waals surface area contributed by atoms with Crippen LogP contribution in [0.5, 0.6) is 0 Å². The molecule has 1 N–H and O–H groups in total. The van der Waals surface area contributed by atoms with Gasteiger partial charge in [-0.15, -0.1) is 11.3 Å². The lowest BCUT2D eigenvalue weighted by molar-refractivity contribution is 0.0944. The Morgan fingerprint density at radius 3 is 2.65 bits per heavy atom. The van der Waals surface area contributed by atoms with Crippen molar-refractivity contribution in [3.63, 3.8) is 0 Å². The van der Waals surface area contributed by atoms with Crippen molar-refractivity contribution in [2.45, 2.75) is 19.4 Å². The Kier molecular flexibility index (Phi) is 4.44. The Morgan fingerprint density at radius 2 is 2.04 bits per heavy atom. The van der Waals surface area contributed by atoms with E-state index in [0.717, 1.165) is 10.6 Å². The summed E-state index contributed by atoms with van der Waals surface area (Å²) in [5.74, 6) is -0.113. The number of aromatic nitrogens is 1. The van der Waals surface area contributed by atoms with Gasteiger partial charge in [0.2, 0.25) is 0 Å². The van der Waals surface area contributed by atoms with Crippen molar-refractivity contribution >= 4 is 38.7 Å². The molecule has 1 fully saturated rings. The summed E-state index contributed by atoms with van der Waals surface area (Å²) in [6.07, 6.45) is 0.468. The van der Waals surface area contributed by atoms with E-state index in [0.29, 0.717) is 22.0 Å². The second-order valence-corrected chi connectivity index (χ2v) is 9.18. The van der Waals surface area contributed by atoms with Crippen LogP contribution in [0.25, 0.3) is 10.6 Å². The highest BCUT2D eigenvalue weighted by Gasteiger charge is 2.30. The van der Waals surface area contributed by atoms with Gasteiger partial charge in [-0.2, -0.15) is 0 Å². The van der Waals surface area contributed by atoms with Crippen molar-refractivity contribution in [1.82, 2.24) is 10.3 Å². The molecule has 1 aliphatic rings. The maximum absolute atomic E-state index is 12.4. The molecule has 23 heavy (non-hydrogen) atoms. The number of amides is 1. The summed E-state index contributed by atoms with van der Waals surface area (Å²) in [7, 11) is -3.01. The summed E-state index contributed by atoms with van der Waals surface area (Å²) in [5, 5.41) is 4.18. The van der Waals surface area contributed by atoms with Crippen molar-refractivity contribution in [2.24, 2.45) is 0 Å². The minimum atomic E-state index is -3.01. The smallest absolute Gasteiger partial charge is 0.263 e. The molecule has 0 aliphatic carbocycles. The van der Waals surface area contributed by atoms with E-state index in [9.17, 15) is 13.2 Å². The number of sulfone groups is 1. The molecule has 3 rings (SSSR count). The van der Waals surface area contributed by atoms with Gasteiger partial charge in [0.1, 0.15) is 9.88 Å². The highest BCUT2D eigenvalue weighted by atomic mass is 35.5. The molecule has 0 spiro atoms. The minimum absolute atomic E-state index is 0.0145. The standard InChI is InChI=1S/C15H15ClN2O3S2/c1-9-13(14(19)18-12-6-7-23(20,21)8-12)22-15(17-9)10-2-4-11(16)5-3-10/h2-5,12H,6-8H2,1H3,(H,18,19)/t12-/m0/s1. The fraction of sp³-hybridized carbons (Fsp3) is 0.333. The highest BCUT2D eigenvalue weighted by Crippen LogP contribution is 2.29. The molecule has 5 nitrogen and oxygen atoms in total. The van der Waals surface area contributed by atoms with Gasteiger partial charge in [0.05, 0.1) is 17.2 Å². The van der Waals surface area contributed by atoms with Crippen LogP contribution in [0.4, 0.5) is 0 Å². The van der Waals surface area contributed by atoms with Gasteiger partial charge in [-0.1, -0.05) is 23.7 Å². The minimum Gasteiger partial charge on any atom is -0.347 e. The van der Waals surface area contributed by atoms with Gasteiger partial charge in [0.25, 0.3) is 5.91 Å². The highest BCUT2D eigenvalue weighted by molar-refractivity contribution is 7.91. The number of nitrogens with zero attached hydrogens (tertiary/aromatic N) is 1. The maximum Gasteiger partial charge on any atom is 0.263 e. The molecule has 0 saturated carbocycles. The molecule has 8 heteroatoms. The summed E-state index contributed by atoms with van der Waals surface area (Å²) in [5.41, 5.74) is 1.53. The van der Waals surface area contributed by atoms with E-state index >= 15 is 0 Å². The summed E-state index contributed by atoms with van der Waals surface area (Å²) in [4.78, 5) is 17.3. The first-order chi connectivity index (χ1) is 10.8. The van der Waals surface area contributed by atoms with Crippen LogP contribution in [-0.2, 0) is 9.84 Å². The third-order valence-electron chi connectivity index (χ3n) is 3.66. The number of benzene rings is 1. The molecule has 1 amide bonds. The van der Waals surface area contributed by atoms with Crippen LogP contribution < -0.4 is 5.32 Å². The maximum atomic E-state index is 12.4. The molecule has 1 aliphatic heterocycles. The molecule has 2 aromatic rings. The van der Waals surface area contributed by atoms with Crippen LogP contribution in [0.3, 0.4) is 0 Å². The van der Waals surface area contributed by atoms with Crippen LogP contribution >= 0.6 is 22.9 Å². The second-order valence-electron chi connectivity index (χ2n) is 5.51. The monoisotopic (exact) mass is 370 g/mol. The van der Waals surface area contributed by atoms with Gasteiger partial charge < -0.3 is 5.32 Å². The molecule has 1 saturated heterocycles. The average Bonchev–Trinajstić information content (AvgIpc) is 3.02. The Bertz CT molecular complexity index is 844. The van der Waals surface area contributed by atoms with Crippen LogP contribution in [0.2, 0.25) is 5.02 Å². The van der Waals surface area contributed by atoms with Crippen LogP contribution in [-0.4, -0.2) is 36.9 Å². The summed E-state index contributed by atoms with van der Waals surface area (Å²) >= 11 is 7.17. The first-order valence-electron chi connectivity index (χ1n) is 7.09. The summed E-state index contributed by atoms with van der Waals surface area (Å²) < 4.78 is 22.9. The summed E-state index contributed by atoms with van der Waals surface area (Å²) in [6.45, 7) is 1.77. The molecule has 0 unspecified atom stereocenters. The first-order valence-corrected chi connectivity index (χ1v) is 10.1. The molecular formula is C15H15ClN2O3S2. The third-order valence-corrected chi connectivity index (χ3v) is 6.89. The number of hydrogen-bond donors (Lipinski definition) is 1. The Morgan fingerprint density at radius 1 is 1.35 bits per heavy atom. The van der Waals surface area contributed by atoms with E-state index in [1.165, 1.54) is 11.3 Å². The average molecular weight is 371 g/mol. The van der Waals surface area contributed by atoms with E-state index in [1.54, 1.807) is 19.1 Å². The van der Waals surface area contributed by atoms with Crippen molar-refractivity contribution < 1.29 is 13.2 Å². The molecule has 0 radical (unpaired) electrons. The number of hydrogen-bond acceptors (Lipinski definition) is 5. The van der Waals surface area contributed by atoms with Gasteiger partial charge in [0, 0.05) is 16.6 Å². The second kappa shape index (κ2) is 6.22.